The fraction of sp³-hybridized carbons (Fsp3) is 0.647. The summed E-state index contributed by atoms with van der Waals surface area (Å²) in [5.41, 5.74) is 2.23. The van der Waals surface area contributed by atoms with E-state index in [-0.39, 0.29) is 6.10 Å². The summed E-state index contributed by atoms with van der Waals surface area (Å²) in [7, 11) is 4.21. The van der Waals surface area contributed by atoms with E-state index in [1.807, 2.05) is 18.2 Å². The average Bonchev–Trinajstić information content (AvgIpc) is 2.38. The van der Waals surface area contributed by atoms with Gasteiger partial charge in [0.25, 0.3) is 0 Å². The lowest BCUT2D eigenvalue weighted by Crippen LogP contribution is -2.40. The molecule has 0 aromatic heterocycles. The van der Waals surface area contributed by atoms with Crippen molar-refractivity contribution in [2.45, 2.75) is 39.3 Å². The van der Waals surface area contributed by atoms with Gasteiger partial charge in [-0.15, -0.1) is 0 Å². The van der Waals surface area contributed by atoms with Crippen LogP contribution in [-0.4, -0.2) is 54.7 Å². The van der Waals surface area contributed by atoms with Gasteiger partial charge in [-0.25, -0.2) is 0 Å². The van der Waals surface area contributed by atoms with Crippen LogP contribution >= 0.6 is 0 Å². The molecule has 1 aromatic rings. The molecule has 3 nitrogen and oxygen atoms in total. The molecule has 20 heavy (non-hydrogen) atoms. The van der Waals surface area contributed by atoms with E-state index in [9.17, 15) is 5.11 Å². The van der Waals surface area contributed by atoms with Gasteiger partial charge < -0.3 is 10.0 Å². The predicted molar refractivity (Wildman–Crippen MR) is 86.0 cm³/mol. The fourth-order valence-electron chi connectivity index (χ4n) is 2.74. The maximum atomic E-state index is 10.4. The Kier molecular flexibility index (Phi) is 7.20. The Bertz CT molecular complexity index is 392. The molecule has 0 fully saturated rings. The molecular weight excluding hydrogens is 248 g/mol. The lowest BCUT2D eigenvalue weighted by atomic mass is 10.0. The zero-order valence-corrected chi connectivity index (χ0v) is 13.6. The molecule has 3 heteroatoms. The van der Waals surface area contributed by atoms with Crippen molar-refractivity contribution < 1.29 is 5.11 Å². The smallest absolute Gasteiger partial charge is 0.0804 e. The van der Waals surface area contributed by atoms with E-state index in [4.69, 9.17) is 0 Å². The first-order valence-corrected chi connectivity index (χ1v) is 7.58. The van der Waals surface area contributed by atoms with Gasteiger partial charge in [-0.2, -0.15) is 0 Å². The van der Waals surface area contributed by atoms with E-state index in [1.54, 1.807) is 0 Å². The van der Waals surface area contributed by atoms with Crippen LogP contribution in [0.2, 0.25) is 0 Å². The standard InChI is InChI=1S/C17H30N2O/c1-6-19(15(3)13-18(4)5)12-11-17(20)16-10-8-7-9-14(16)2/h7-10,15,17,20H,6,11-13H2,1-5H3. The zero-order chi connectivity index (χ0) is 15.1. The van der Waals surface area contributed by atoms with Gasteiger partial charge in [0.05, 0.1) is 6.10 Å². The number of rotatable bonds is 8. The highest BCUT2D eigenvalue weighted by Crippen LogP contribution is 2.20. The summed E-state index contributed by atoms with van der Waals surface area (Å²) >= 11 is 0. The van der Waals surface area contributed by atoms with Crippen LogP contribution < -0.4 is 0 Å². The molecule has 0 saturated heterocycles. The Morgan fingerprint density at radius 3 is 2.40 bits per heavy atom. The monoisotopic (exact) mass is 278 g/mol. The Morgan fingerprint density at radius 1 is 1.20 bits per heavy atom. The Labute approximate surface area is 124 Å². The minimum Gasteiger partial charge on any atom is -0.388 e. The molecule has 0 aliphatic rings. The molecule has 114 valence electrons. The van der Waals surface area contributed by atoms with E-state index in [2.05, 4.69) is 50.7 Å². The molecule has 0 spiro atoms. The van der Waals surface area contributed by atoms with Crippen LogP contribution in [0.15, 0.2) is 24.3 Å². The average molecular weight is 278 g/mol. The maximum Gasteiger partial charge on any atom is 0.0804 e. The lowest BCUT2D eigenvalue weighted by molar-refractivity contribution is 0.120. The van der Waals surface area contributed by atoms with Crippen molar-refractivity contribution in [3.8, 4) is 0 Å². The normalized spacial score (nSPS) is 14.8. The van der Waals surface area contributed by atoms with Gasteiger partial charge in [-0.1, -0.05) is 31.2 Å². The minimum atomic E-state index is -0.364. The maximum absolute atomic E-state index is 10.4. The van der Waals surface area contributed by atoms with Crippen molar-refractivity contribution in [2.24, 2.45) is 0 Å². The van der Waals surface area contributed by atoms with E-state index >= 15 is 0 Å². The number of aryl methyl sites for hydroxylation is 1. The SMILES string of the molecule is CCN(CCC(O)c1ccccc1C)C(C)CN(C)C. The third kappa shape index (κ3) is 5.23. The van der Waals surface area contributed by atoms with Crippen LogP contribution in [0.4, 0.5) is 0 Å². The van der Waals surface area contributed by atoms with E-state index in [0.717, 1.165) is 31.6 Å². The van der Waals surface area contributed by atoms with Crippen LogP contribution in [0, 0.1) is 6.92 Å². The summed E-state index contributed by atoms with van der Waals surface area (Å²) < 4.78 is 0. The van der Waals surface area contributed by atoms with Gasteiger partial charge in [0.2, 0.25) is 0 Å². The molecule has 1 rings (SSSR count). The van der Waals surface area contributed by atoms with Crippen LogP contribution in [0.5, 0.6) is 0 Å². The molecule has 1 aromatic carbocycles. The molecular formula is C17H30N2O. The molecule has 0 heterocycles. The number of aliphatic hydroxyl groups is 1. The summed E-state index contributed by atoms with van der Waals surface area (Å²) in [5.74, 6) is 0. The largest absolute Gasteiger partial charge is 0.388 e. The van der Waals surface area contributed by atoms with Crippen molar-refractivity contribution >= 4 is 0 Å². The highest BCUT2D eigenvalue weighted by molar-refractivity contribution is 5.27. The topological polar surface area (TPSA) is 26.7 Å². The molecule has 2 unspecified atom stereocenters. The first-order chi connectivity index (χ1) is 9.45. The lowest BCUT2D eigenvalue weighted by Gasteiger charge is -2.30. The second kappa shape index (κ2) is 8.40. The van der Waals surface area contributed by atoms with E-state index in [1.165, 1.54) is 5.56 Å². The summed E-state index contributed by atoms with van der Waals surface area (Å²) in [6.45, 7) is 9.51. The zero-order valence-electron chi connectivity index (χ0n) is 13.6. The van der Waals surface area contributed by atoms with Gasteiger partial charge in [0.1, 0.15) is 0 Å². The highest BCUT2D eigenvalue weighted by Gasteiger charge is 2.16. The van der Waals surface area contributed by atoms with Gasteiger partial charge in [0, 0.05) is 19.1 Å². The molecule has 0 aliphatic heterocycles. The third-order valence-electron chi connectivity index (χ3n) is 3.90. The number of hydrogen-bond donors (Lipinski definition) is 1. The van der Waals surface area contributed by atoms with Crippen molar-refractivity contribution in [3.63, 3.8) is 0 Å². The van der Waals surface area contributed by atoms with Crippen molar-refractivity contribution in [1.82, 2.24) is 9.80 Å². The number of hydrogen-bond acceptors (Lipinski definition) is 3. The number of nitrogens with zero attached hydrogens (tertiary/aromatic N) is 2. The van der Waals surface area contributed by atoms with Crippen LogP contribution in [0.25, 0.3) is 0 Å². The van der Waals surface area contributed by atoms with Gasteiger partial charge in [-0.05, 0) is 52.0 Å². The first kappa shape index (κ1) is 17.2. The second-order valence-corrected chi connectivity index (χ2v) is 5.90. The molecule has 0 aliphatic carbocycles. The van der Waals surface area contributed by atoms with Crippen LogP contribution in [0.3, 0.4) is 0 Å². The molecule has 0 saturated carbocycles. The summed E-state index contributed by atoms with van der Waals surface area (Å²) in [6.07, 6.45) is 0.424. The van der Waals surface area contributed by atoms with Crippen LogP contribution in [-0.2, 0) is 0 Å². The van der Waals surface area contributed by atoms with Crippen molar-refractivity contribution in [2.75, 3.05) is 33.7 Å². The quantitative estimate of drug-likeness (QED) is 0.792. The van der Waals surface area contributed by atoms with Gasteiger partial charge in [-0.3, -0.25) is 4.90 Å². The number of benzene rings is 1. The number of aliphatic hydroxyl groups excluding tert-OH is 1. The first-order valence-electron chi connectivity index (χ1n) is 7.58. The summed E-state index contributed by atoms with van der Waals surface area (Å²) in [6, 6.07) is 8.62. The summed E-state index contributed by atoms with van der Waals surface area (Å²) in [5, 5.41) is 10.4. The number of likely N-dealkylation sites (N-methyl/N-ethyl adjacent to an activating group) is 2. The fourth-order valence-corrected chi connectivity index (χ4v) is 2.74. The molecule has 2 atom stereocenters. The van der Waals surface area contributed by atoms with E-state index < -0.39 is 0 Å². The van der Waals surface area contributed by atoms with E-state index in [0.29, 0.717) is 6.04 Å². The second-order valence-electron chi connectivity index (χ2n) is 5.90. The highest BCUT2D eigenvalue weighted by atomic mass is 16.3. The molecule has 0 radical (unpaired) electrons. The van der Waals surface area contributed by atoms with Crippen molar-refractivity contribution in [1.29, 1.82) is 0 Å². The van der Waals surface area contributed by atoms with Gasteiger partial charge in [0.15, 0.2) is 0 Å². The van der Waals surface area contributed by atoms with Crippen LogP contribution in [0.1, 0.15) is 37.5 Å². The minimum absolute atomic E-state index is 0.364. The molecule has 1 N–H and O–H groups in total. The molecule has 0 bridgehead atoms. The molecule has 0 amide bonds. The van der Waals surface area contributed by atoms with Crippen molar-refractivity contribution in [3.05, 3.63) is 35.4 Å². The summed E-state index contributed by atoms with van der Waals surface area (Å²) in [4.78, 5) is 4.65. The Hall–Kier alpha value is -0.900. The van der Waals surface area contributed by atoms with Gasteiger partial charge >= 0.3 is 0 Å². The predicted octanol–water partition coefficient (Wildman–Crippen LogP) is 2.69. The third-order valence-corrected chi connectivity index (χ3v) is 3.90. The Morgan fingerprint density at radius 2 is 1.85 bits per heavy atom. The Balaban J connectivity index is 2.54.